The number of carbonyl (C=O) groups is 1. The maximum Gasteiger partial charge on any atom is 0.135 e. The second-order valence-electron chi connectivity index (χ2n) is 5.04. The van der Waals surface area contributed by atoms with Gasteiger partial charge in [-0.2, -0.15) is 0 Å². The van der Waals surface area contributed by atoms with Crippen LogP contribution in [-0.2, 0) is 4.79 Å². The van der Waals surface area contributed by atoms with Crippen LogP contribution in [0.4, 0.5) is 0 Å². The molecule has 1 rings (SSSR count). The van der Waals surface area contributed by atoms with Gasteiger partial charge in [-0.3, -0.25) is 4.79 Å². The Morgan fingerprint density at radius 1 is 1.00 bits per heavy atom. The summed E-state index contributed by atoms with van der Waals surface area (Å²) in [5.41, 5.74) is 0. The predicted molar refractivity (Wildman–Crippen MR) is 69.5 cm³/mol. The van der Waals surface area contributed by atoms with Gasteiger partial charge >= 0.3 is 0 Å². The number of unbranched alkanes of at least 4 members (excludes halogenated alkanes) is 7. The molecule has 1 aliphatic carbocycles. The van der Waals surface area contributed by atoms with Crippen LogP contribution in [0, 0.1) is 5.92 Å². The van der Waals surface area contributed by atoms with Crippen molar-refractivity contribution < 1.29 is 4.79 Å². The summed E-state index contributed by atoms with van der Waals surface area (Å²) < 4.78 is 0. The minimum absolute atomic E-state index is 0.471. The Morgan fingerprint density at radius 2 is 1.56 bits per heavy atom. The van der Waals surface area contributed by atoms with E-state index >= 15 is 0 Å². The topological polar surface area (TPSA) is 17.1 Å². The molecular formula is C15H26O. The van der Waals surface area contributed by atoms with Crippen molar-refractivity contribution >= 4 is 5.78 Å². The Bertz CT molecular complexity index is 203. The van der Waals surface area contributed by atoms with Crippen LogP contribution >= 0.6 is 0 Å². The van der Waals surface area contributed by atoms with Crippen molar-refractivity contribution in [1.29, 1.82) is 0 Å². The van der Waals surface area contributed by atoms with E-state index in [-0.39, 0.29) is 0 Å². The molecule has 0 amide bonds. The molecule has 0 unspecified atom stereocenters. The van der Waals surface area contributed by atoms with Crippen LogP contribution in [0.2, 0.25) is 0 Å². The number of ketones is 1. The van der Waals surface area contributed by atoms with Crippen molar-refractivity contribution in [1.82, 2.24) is 0 Å². The SMILES string of the molecule is C=CCCCCCCCCCC(=O)C1CC1. The molecule has 0 aromatic rings. The minimum atomic E-state index is 0.471. The molecule has 1 saturated carbocycles. The summed E-state index contributed by atoms with van der Waals surface area (Å²) in [7, 11) is 0. The van der Waals surface area contributed by atoms with Gasteiger partial charge in [0.05, 0.1) is 0 Å². The van der Waals surface area contributed by atoms with Crippen molar-refractivity contribution in [3.63, 3.8) is 0 Å². The van der Waals surface area contributed by atoms with Gasteiger partial charge in [-0.1, -0.05) is 38.2 Å². The number of rotatable bonds is 11. The van der Waals surface area contributed by atoms with Crippen LogP contribution in [0.5, 0.6) is 0 Å². The highest BCUT2D eigenvalue weighted by Crippen LogP contribution is 2.31. The highest BCUT2D eigenvalue weighted by atomic mass is 16.1. The van der Waals surface area contributed by atoms with E-state index in [1.54, 1.807) is 0 Å². The van der Waals surface area contributed by atoms with E-state index in [0.717, 1.165) is 19.3 Å². The molecule has 1 nitrogen and oxygen atoms in total. The Labute approximate surface area is 100 Å². The lowest BCUT2D eigenvalue weighted by Crippen LogP contribution is -1.99. The maximum atomic E-state index is 11.4. The first kappa shape index (κ1) is 13.5. The van der Waals surface area contributed by atoms with Crippen molar-refractivity contribution in [3.8, 4) is 0 Å². The predicted octanol–water partition coefficient (Wildman–Crippen LogP) is 4.66. The van der Waals surface area contributed by atoms with Crippen LogP contribution in [0.1, 0.15) is 70.6 Å². The zero-order valence-corrected chi connectivity index (χ0v) is 10.5. The molecule has 0 atom stereocenters. The van der Waals surface area contributed by atoms with Gasteiger partial charge < -0.3 is 0 Å². The average Bonchev–Trinajstić information content (AvgIpc) is 3.10. The van der Waals surface area contributed by atoms with E-state index in [2.05, 4.69) is 6.58 Å². The number of allylic oxidation sites excluding steroid dienone is 1. The van der Waals surface area contributed by atoms with Gasteiger partial charge in [0.15, 0.2) is 0 Å². The van der Waals surface area contributed by atoms with E-state index in [0.29, 0.717) is 11.7 Å². The lowest BCUT2D eigenvalue weighted by Gasteiger charge is -2.01. The fourth-order valence-corrected chi connectivity index (χ4v) is 2.08. The van der Waals surface area contributed by atoms with E-state index < -0.39 is 0 Å². The van der Waals surface area contributed by atoms with Crippen molar-refractivity contribution in [3.05, 3.63) is 12.7 Å². The first-order valence-corrected chi connectivity index (χ1v) is 6.98. The fourth-order valence-electron chi connectivity index (χ4n) is 2.08. The molecule has 1 aliphatic rings. The van der Waals surface area contributed by atoms with Crippen LogP contribution < -0.4 is 0 Å². The maximum absolute atomic E-state index is 11.4. The quantitative estimate of drug-likeness (QED) is 0.367. The molecule has 0 aliphatic heterocycles. The van der Waals surface area contributed by atoms with Crippen LogP contribution in [0.3, 0.4) is 0 Å². The summed E-state index contributed by atoms with van der Waals surface area (Å²) in [5.74, 6) is 1.00. The number of carbonyl (C=O) groups excluding carboxylic acids is 1. The van der Waals surface area contributed by atoms with Gasteiger partial charge in [0.2, 0.25) is 0 Å². The molecule has 0 saturated heterocycles. The van der Waals surface area contributed by atoms with Crippen molar-refractivity contribution in [2.24, 2.45) is 5.92 Å². The largest absolute Gasteiger partial charge is 0.299 e. The van der Waals surface area contributed by atoms with Gasteiger partial charge in [0, 0.05) is 12.3 Å². The molecule has 1 fully saturated rings. The van der Waals surface area contributed by atoms with Gasteiger partial charge in [0.25, 0.3) is 0 Å². The van der Waals surface area contributed by atoms with Gasteiger partial charge in [-0.25, -0.2) is 0 Å². The Balaban J connectivity index is 1.74. The van der Waals surface area contributed by atoms with E-state index in [1.807, 2.05) is 6.08 Å². The smallest absolute Gasteiger partial charge is 0.135 e. The van der Waals surface area contributed by atoms with Gasteiger partial charge in [-0.05, 0) is 32.1 Å². The summed E-state index contributed by atoms with van der Waals surface area (Å²) >= 11 is 0. The van der Waals surface area contributed by atoms with Gasteiger partial charge in [0.1, 0.15) is 5.78 Å². The summed E-state index contributed by atoms with van der Waals surface area (Å²) in [6, 6.07) is 0. The zero-order valence-electron chi connectivity index (χ0n) is 10.5. The van der Waals surface area contributed by atoms with Crippen molar-refractivity contribution in [2.75, 3.05) is 0 Å². The first-order chi connectivity index (χ1) is 7.84. The molecule has 92 valence electrons. The summed E-state index contributed by atoms with van der Waals surface area (Å²) in [4.78, 5) is 11.4. The van der Waals surface area contributed by atoms with Crippen LogP contribution in [-0.4, -0.2) is 5.78 Å². The van der Waals surface area contributed by atoms with E-state index in [1.165, 1.54) is 51.4 Å². The lowest BCUT2D eigenvalue weighted by atomic mass is 10.0. The normalized spacial score (nSPS) is 15.0. The fraction of sp³-hybridized carbons (Fsp3) is 0.800. The third-order valence-corrected chi connectivity index (χ3v) is 3.36. The second kappa shape index (κ2) is 8.55. The Hall–Kier alpha value is -0.590. The summed E-state index contributed by atoms with van der Waals surface area (Å²) in [6.07, 6.45) is 15.4. The molecule has 16 heavy (non-hydrogen) atoms. The Kier molecular flexibility index (Phi) is 7.20. The summed E-state index contributed by atoms with van der Waals surface area (Å²) in [5, 5.41) is 0. The number of hydrogen-bond donors (Lipinski definition) is 0. The highest BCUT2D eigenvalue weighted by Gasteiger charge is 2.28. The standard InChI is InChI=1S/C15H26O/c1-2-3-4-5-6-7-8-9-10-11-15(16)14-12-13-14/h2,14H,1,3-13H2. The second-order valence-corrected chi connectivity index (χ2v) is 5.04. The molecular weight excluding hydrogens is 196 g/mol. The third kappa shape index (κ3) is 6.81. The molecule has 0 radical (unpaired) electrons. The van der Waals surface area contributed by atoms with E-state index in [4.69, 9.17) is 0 Å². The first-order valence-electron chi connectivity index (χ1n) is 6.98. The minimum Gasteiger partial charge on any atom is -0.299 e. The molecule has 0 bridgehead atoms. The molecule has 0 heterocycles. The van der Waals surface area contributed by atoms with Crippen LogP contribution in [0.25, 0.3) is 0 Å². The third-order valence-electron chi connectivity index (χ3n) is 3.36. The zero-order chi connectivity index (χ0) is 11.6. The molecule has 0 aromatic heterocycles. The van der Waals surface area contributed by atoms with Crippen LogP contribution in [0.15, 0.2) is 12.7 Å². The molecule has 0 spiro atoms. The molecule has 0 N–H and O–H groups in total. The average molecular weight is 222 g/mol. The number of Topliss-reactive ketones (excluding diaryl/α,β-unsaturated/α-hetero) is 1. The Morgan fingerprint density at radius 3 is 2.12 bits per heavy atom. The highest BCUT2D eigenvalue weighted by molar-refractivity contribution is 5.82. The molecule has 1 heteroatoms. The summed E-state index contributed by atoms with van der Waals surface area (Å²) in [6.45, 7) is 3.72. The van der Waals surface area contributed by atoms with E-state index in [9.17, 15) is 4.79 Å². The van der Waals surface area contributed by atoms with Gasteiger partial charge in [-0.15, -0.1) is 6.58 Å². The lowest BCUT2D eigenvalue weighted by molar-refractivity contribution is -0.120. The molecule has 0 aromatic carbocycles. The number of hydrogen-bond acceptors (Lipinski definition) is 1. The van der Waals surface area contributed by atoms with Crippen molar-refractivity contribution in [2.45, 2.75) is 70.6 Å². The monoisotopic (exact) mass is 222 g/mol.